The number of piperidine rings is 1. The molecule has 3 aromatic rings. The number of para-hydroxylation sites is 1. The Kier molecular flexibility index (Phi) is 4.81. The molecule has 152 valence electrons. The molecule has 1 aromatic carbocycles. The fraction of sp³-hybridized carbons (Fsp3) is 0.389. The van der Waals surface area contributed by atoms with Gasteiger partial charge in [0.2, 0.25) is 0 Å². The van der Waals surface area contributed by atoms with E-state index in [2.05, 4.69) is 20.5 Å². The predicted molar refractivity (Wildman–Crippen MR) is 95.2 cm³/mol. The Labute approximate surface area is 163 Å². The van der Waals surface area contributed by atoms with Crippen molar-refractivity contribution in [3.8, 4) is 5.69 Å². The van der Waals surface area contributed by atoms with E-state index in [9.17, 15) is 18.0 Å². The molecule has 1 atom stereocenters. The van der Waals surface area contributed by atoms with Gasteiger partial charge in [-0.25, -0.2) is 4.68 Å². The van der Waals surface area contributed by atoms with Gasteiger partial charge in [0.25, 0.3) is 5.91 Å². The third kappa shape index (κ3) is 3.71. The van der Waals surface area contributed by atoms with Gasteiger partial charge in [0, 0.05) is 26.1 Å². The largest absolute Gasteiger partial charge is 0.418 e. The van der Waals surface area contributed by atoms with Crippen molar-refractivity contribution in [3.63, 3.8) is 0 Å². The van der Waals surface area contributed by atoms with Crippen LogP contribution in [0.3, 0.4) is 0 Å². The monoisotopic (exact) mass is 405 g/mol. The van der Waals surface area contributed by atoms with Gasteiger partial charge >= 0.3 is 6.18 Å². The molecule has 11 heteroatoms. The topological polar surface area (TPSA) is 81.7 Å². The van der Waals surface area contributed by atoms with Crippen LogP contribution in [0, 0.1) is 0 Å². The summed E-state index contributed by atoms with van der Waals surface area (Å²) in [4.78, 5) is 14.5. The number of carbonyl (C=O) groups excluding carboxylic acids is 1. The zero-order chi connectivity index (χ0) is 20.6. The van der Waals surface area contributed by atoms with E-state index in [4.69, 9.17) is 0 Å². The molecule has 1 fully saturated rings. The fourth-order valence-corrected chi connectivity index (χ4v) is 3.59. The minimum Gasteiger partial charge on any atom is -0.336 e. The predicted octanol–water partition coefficient (Wildman–Crippen LogP) is 2.43. The second-order valence-electron chi connectivity index (χ2n) is 6.95. The minimum absolute atomic E-state index is 0.000549. The molecule has 0 aliphatic carbocycles. The number of carbonyl (C=O) groups is 1. The lowest BCUT2D eigenvalue weighted by molar-refractivity contribution is -0.137. The molecule has 1 aliphatic heterocycles. The molecule has 0 unspecified atom stereocenters. The molecule has 29 heavy (non-hydrogen) atoms. The molecule has 3 heterocycles. The Bertz CT molecular complexity index is 1030. The van der Waals surface area contributed by atoms with Crippen LogP contribution in [0.2, 0.25) is 0 Å². The summed E-state index contributed by atoms with van der Waals surface area (Å²) < 4.78 is 42.6. The van der Waals surface area contributed by atoms with Crippen LogP contribution in [0.15, 0.2) is 36.8 Å². The van der Waals surface area contributed by atoms with Crippen molar-refractivity contribution < 1.29 is 18.0 Å². The molecular formula is C18H18F3N7O. The van der Waals surface area contributed by atoms with Gasteiger partial charge in [-0.05, 0) is 25.0 Å². The first-order chi connectivity index (χ1) is 13.8. The minimum atomic E-state index is -4.54. The van der Waals surface area contributed by atoms with E-state index < -0.39 is 11.7 Å². The molecule has 0 bridgehead atoms. The van der Waals surface area contributed by atoms with Crippen molar-refractivity contribution in [2.75, 3.05) is 13.1 Å². The van der Waals surface area contributed by atoms with E-state index in [1.165, 1.54) is 24.4 Å². The molecule has 1 aliphatic rings. The van der Waals surface area contributed by atoms with Crippen molar-refractivity contribution in [1.29, 1.82) is 0 Å². The molecule has 0 spiro atoms. The molecule has 0 N–H and O–H groups in total. The molecule has 1 saturated heterocycles. The van der Waals surface area contributed by atoms with E-state index in [0.29, 0.717) is 13.1 Å². The maximum absolute atomic E-state index is 13.3. The van der Waals surface area contributed by atoms with Crippen LogP contribution < -0.4 is 0 Å². The van der Waals surface area contributed by atoms with Crippen molar-refractivity contribution in [2.24, 2.45) is 7.05 Å². The quantitative estimate of drug-likeness (QED) is 0.669. The lowest BCUT2D eigenvalue weighted by atomic mass is 9.97. The van der Waals surface area contributed by atoms with E-state index in [0.717, 1.165) is 29.4 Å². The summed E-state index contributed by atoms with van der Waals surface area (Å²) in [5, 5.41) is 15.6. The van der Waals surface area contributed by atoms with Crippen LogP contribution >= 0.6 is 0 Å². The summed E-state index contributed by atoms with van der Waals surface area (Å²) in [7, 11) is 1.85. The third-order valence-electron chi connectivity index (χ3n) is 4.99. The van der Waals surface area contributed by atoms with Gasteiger partial charge < -0.3 is 9.47 Å². The Hall–Kier alpha value is -3.24. The summed E-state index contributed by atoms with van der Waals surface area (Å²) in [6, 6.07) is 5.03. The smallest absolute Gasteiger partial charge is 0.336 e. The molecule has 1 amide bonds. The summed E-state index contributed by atoms with van der Waals surface area (Å²) in [5.41, 5.74) is -1.02. The number of likely N-dealkylation sites (tertiary alicyclic amines) is 1. The molecule has 0 radical (unpaired) electrons. The Morgan fingerprint density at radius 3 is 2.72 bits per heavy atom. The second kappa shape index (κ2) is 7.30. The summed E-state index contributed by atoms with van der Waals surface area (Å²) in [6.45, 7) is 0.983. The number of nitrogens with zero attached hydrogens (tertiary/aromatic N) is 7. The molecule has 2 aromatic heterocycles. The van der Waals surface area contributed by atoms with Gasteiger partial charge in [0.15, 0.2) is 5.69 Å². The first kappa shape index (κ1) is 19.1. The van der Waals surface area contributed by atoms with Gasteiger partial charge in [-0.2, -0.15) is 13.2 Å². The number of hydrogen-bond acceptors (Lipinski definition) is 5. The first-order valence-corrected chi connectivity index (χ1v) is 9.06. The van der Waals surface area contributed by atoms with Crippen LogP contribution in [0.4, 0.5) is 13.2 Å². The zero-order valence-corrected chi connectivity index (χ0v) is 15.5. The highest BCUT2D eigenvalue weighted by atomic mass is 19.4. The highest BCUT2D eigenvalue weighted by Crippen LogP contribution is 2.33. The Morgan fingerprint density at radius 1 is 1.21 bits per heavy atom. The average molecular weight is 405 g/mol. The van der Waals surface area contributed by atoms with Crippen molar-refractivity contribution in [2.45, 2.75) is 24.9 Å². The van der Waals surface area contributed by atoms with Gasteiger partial charge in [-0.15, -0.1) is 15.3 Å². The number of aryl methyl sites for hydroxylation is 1. The fourth-order valence-electron chi connectivity index (χ4n) is 3.59. The van der Waals surface area contributed by atoms with Gasteiger partial charge in [0.05, 0.1) is 17.4 Å². The Balaban J connectivity index is 1.56. The summed E-state index contributed by atoms with van der Waals surface area (Å²) in [6.07, 6.45) is -0.0300. The van der Waals surface area contributed by atoms with Crippen LogP contribution in [0.5, 0.6) is 0 Å². The number of halogens is 3. The SMILES string of the molecule is Cn1cnnc1[C@@H]1CCCN(C(=O)c2cn(-c3ccccc3C(F)(F)F)nn2)C1. The maximum Gasteiger partial charge on any atom is 0.418 e. The average Bonchev–Trinajstić information content (AvgIpc) is 3.36. The highest BCUT2D eigenvalue weighted by Gasteiger charge is 2.34. The van der Waals surface area contributed by atoms with Crippen LogP contribution in [-0.2, 0) is 13.2 Å². The lowest BCUT2D eigenvalue weighted by Crippen LogP contribution is -2.39. The van der Waals surface area contributed by atoms with E-state index in [-0.39, 0.29) is 23.2 Å². The number of hydrogen-bond donors (Lipinski definition) is 0. The lowest BCUT2D eigenvalue weighted by Gasteiger charge is -2.31. The Morgan fingerprint density at radius 2 is 2.00 bits per heavy atom. The molecule has 4 rings (SSSR count). The number of rotatable bonds is 3. The molecule has 0 saturated carbocycles. The molecule has 8 nitrogen and oxygen atoms in total. The van der Waals surface area contributed by atoms with Gasteiger partial charge in [-0.1, -0.05) is 17.3 Å². The molecular weight excluding hydrogens is 387 g/mol. The number of aromatic nitrogens is 6. The number of amides is 1. The van der Waals surface area contributed by atoms with Crippen molar-refractivity contribution in [3.05, 3.63) is 53.9 Å². The van der Waals surface area contributed by atoms with E-state index in [1.807, 2.05) is 11.6 Å². The van der Waals surface area contributed by atoms with Crippen LogP contribution in [0.25, 0.3) is 5.69 Å². The highest BCUT2D eigenvalue weighted by molar-refractivity contribution is 5.92. The zero-order valence-electron chi connectivity index (χ0n) is 15.5. The van der Waals surface area contributed by atoms with E-state index in [1.54, 1.807) is 11.2 Å². The van der Waals surface area contributed by atoms with Crippen molar-refractivity contribution >= 4 is 5.91 Å². The first-order valence-electron chi connectivity index (χ1n) is 9.06. The van der Waals surface area contributed by atoms with Crippen molar-refractivity contribution in [1.82, 2.24) is 34.7 Å². The summed E-state index contributed by atoms with van der Waals surface area (Å²) >= 11 is 0. The maximum atomic E-state index is 13.3. The van der Waals surface area contributed by atoms with E-state index >= 15 is 0 Å². The second-order valence-corrected chi connectivity index (χ2v) is 6.95. The van der Waals surface area contributed by atoms with Gasteiger partial charge in [-0.3, -0.25) is 4.79 Å². The van der Waals surface area contributed by atoms with Crippen LogP contribution in [0.1, 0.15) is 40.6 Å². The number of alkyl halides is 3. The third-order valence-corrected chi connectivity index (χ3v) is 4.99. The number of benzene rings is 1. The normalized spacial score (nSPS) is 17.5. The van der Waals surface area contributed by atoms with Gasteiger partial charge in [0.1, 0.15) is 12.2 Å². The summed E-state index contributed by atoms with van der Waals surface area (Å²) in [5.74, 6) is 0.471. The van der Waals surface area contributed by atoms with Crippen LogP contribution in [-0.4, -0.2) is 53.7 Å². The standard InChI is InChI=1S/C18H18F3N7O/c1-26-11-22-24-16(26)12-5-4-8-27(9-12)17(29)14-10-28(25-23-14)15-7-3-2-6-13(15)18(19,20)21/h2-3,6-7,10-12H,4-5,8-9H2,1H3/t12-/m1/s1.